The summed E-state index contributed by atoms with van der Waals surface area (Å²) in [6.07, 6.45) is 0.336. The maximum Gasteiger partial charge on any atom is 0.224 e. The molecule has 32 heavy (non-hydrogen) atoms. The van der Waals surface area contributed by atoms with E-state index >= 15 is 0 Å². The molecule has 1 heterocycles. The largest absolute Gasteiger partial charge is 0.493 e. The highest BCUT2D eigenvalue weighted by Gasteiger charge is 2.18. The normalized spacial score (nSPS) is 11.8. The van der Waals surface area contributed by atoms with Crippen LogP contribution in [-0.2, 0) is 17.8 Å². The minimum absolute atomic E-state index is 0.0346. The van der Waals surface area contributed by atoms with E-state index in [4.69, 9.17) is 14.5 Å². The molecule has 0 fully saturated rings. The molecule has 0 bridgehead atoms. The molecule has 0 radical (unpaired) electrons. The van der Waals surface area contributed by atoms with Crippen LogP contribution in [0.15, 0.2) is 78.9 Å². The van der Waals surface area contributed by atoms with Crippen molar-refractivity contribution in [3.63, 3.8) is 0 Å². The van der Waals surface area contributed by atoms with E-state index in [-0.39, 0.29) is 11.9 Å². The minimum Gasteiger partial charge on any atom is -0.493 e. The van der Waals surface area contributed by atoms with Gasteiger partial charge in [0.15, 0.2) is 11.5 Å². The first-order valence-electron chi connectivity index (χ1n) is 10.7. The quantitative estimate of drug-likeness (QED) is 0.424. The molecule has 1 amide bonds. The highest BCUT2D eigenvalue weighted by molar-refractivity contribution is 5.79. The highest BCUT2D eigenvalue weighted by Crippen LogP contribution is 2.26. The van der Waals surface area contributed by atoms with Crippen molar-refractivity contribution in [1.29, 1.82) is 0 Å². The van der Waals surface area contributed by atoms with Crippen LogP contribution < -0.4 is 14.8 Å². The minimum atomic E-state index is -0.245. The van der Waals surface area contributed by atoms with Gasteiger partial charge < -0.3 is 19.4 Å². The smallest absolute Gasteiger partial charge is 0.224 e. The van der Waals surface area contributed by atoms with Gasteiger partial charge in [-0.3, -0.25) is 4.79 Å². The number of nitrogens with one attached hydrogen (secondary N) is 1. The number of para-hydroxylation sites is 4. The van der Waals surface area contributed by atoms with E-state index in [0.717, 1.165) is 22.4 Å². The number of ether oxygens (including phenoxy) is 2. The van der Waals surface area contributed by atoms with E-state index in [9.17, 15) is 4.79 Å². The fourth-order valence-electron chi connectivity index (χ4n) is 3.78. The number of hydrogen-bond acceptors (Lipinski definition) is 4. The number of imidazole rings is 1. The summed E-state index contributed by atoms with van der Waals surface area (Å²) in [4.78, 5) is 17.4. The summed E-state index contributed by atoms with van der Waals surface area (Å²) in [7, 11) is 1.63. The van der Waals surface area contributed by atoms with Gasteiger partial charge in [-0.05, 0) is 36.8 Å². The van der Waals surface area contributed by atoms with E-state index in [1.54, 1.807) is 7.11 Å². The van der Waals surface area contributed by atoms with Crippen LogP contribution in [-0.4, -0.2) is 29.2 Å². The first kappa shape index (κ1) is 21.4. The third kappa shape index (κ3) is 4.91. The Hall–Kier alpha value is -3.80. The first-order valence-corrected chi connectivity index (χ1v) is 10.7. The van der Waals surface area contributed by atoms with Crippen molar-refractivity contribution in [3.8, 4) is 11.5 Å². The lowest BCUT2D eigenvalue weighted by atomic mass is 10.1. The van der Waals surface area contributed by atoms with Gasteiger partial charge in [0, 0.05) is 0 Å². The Morgan fingerprint density at radius 3 is 2.44 bits per heavy atom. The van der Waals surface area contributed by atoms with Crippen LogP contribution in [0, 0.1) is 0 Å². The molecule has 0 aliphatic rings. The number of aromatic nitrogens is 2. The summed E-state index contributed by atoms with van der Waals surface area (Å²) in [5, 5.41) is 3.09. The lowest BCUT2D eigenvalue weighted by molar-refractivity contribution is -0.121. The predicted molar refractivity (Wildman–Crippen MR) is 125 cm³/mol. The molecule has 6 heteroatoms. The van der Waals surface area contributed by atoms with Crippen molar-refractivity contribution in [3.05, 3.63) is 90.3 Å². The Morgan fingerprint density at radius 2 is 1.66 bits per heavy atom. The Bertz CT molecular complexity index is 1190. The summed E-state index contributed by atoms with van der Waals surface area (Å²) in [6.45, 7) is 2.99. The summed E-state index contributed by atoms with van der Waals surface area (Å²) in [6, 6.07) is 25.0. The predicted octanol–water partition coefficient (Wildman–Crippen LogP) is 4.54. The van der Waals surface area contributed by atoms with E-state index in [0.29, 0.717) is 31.1 Å². The molecule has 3 aromatic carbocycles. The topological polar surface area (TPSA) is 65.4 Å². The monoisotopic (exact) mass is 429 g/mol. The Labute approximate surface area is 187 Å². The lowest BCUT2D eigenvalue weighted by Crippen LogP contribution is -2.30. The first-order chi connectivity index (χ1) is 15.7. The number of nitrogens with zero attached hydrogens (tertiary/aromatic N) is 2. The van der Waals surface area contributed by atoms with Gasteiger partial charge in [0.2, 0.25) is 5.91 Å². The van der Waals surface area contributed by atoms with E-state index in [2.05, 4.69) is 9.88 Å². The molecule has 1 unspecified atom stereocenters. The highest BCUT2D eigenvalue weighted by atomic mass is 16.5. The summed E-state index contributed by atoms with van der Waals surface area (Å²) in [5.74, 6) is 2.17. The molecule has 0 saturated heterocycles. The van der Waals surface area contributed by atoms with Gasteiger partial charge in [0.05, 0.1) is 37.2 Å². The van der Waals surface area contributed by atoms with E-state index in [1.807, 2.05) is 85.8 Å². The Morgan fingerprint density at radius 1 is 0.969 bits per heavy atom. The van der Waals surface area contributed by atoms with Crippen LogP contribution >= 0.6 is 0 Å². The number of carbonyl (C=O) groups excluding carboxylic acids is 1. The van der Waals surface area contributed by atoms with Crippen LogP contribution in [0.2, 0.25) is 0 Å². The van der Waals surface area contributed by atoms with Crippen LogP contribution in [0.25, 0.3) is 11.0 Å². The molecule has 0 saturated carbocycles. The maximum absolute atomic E-state index is 12.6. The second-order valence-corrected chi connectivity index (χ2v) is 7.56. The van der Waals surface area contributed by atoms with Crippen molar-refractivity contribution < 1.29 is 14.3 Å². The summed E-state index contributed by atoms with van der Waals surface area (Å²) in [5.41, 5.74) is 2.88. The zero-order chi connectivity index (χ0) is 22.3. The summed E-state index contributed by atoms with van der Waals surface area (Å²) < 4.78 is 13.5. The number of benzene rings is 3. The van der Waals surface area contributed by atoms with Crippen LogP contribution in [0.3, 0.4) is 0 Å². The SMILES string of the molecule is COc1ccccc1OCCn1c(C(C)NC(=O)Cc2ccccc2)nc2ccccc21. The van der Waals surface area contributed by atoms with Crippen LogP contribution in [0.4, 0.5) is 0 Å². The number of hydrogen-bond donors (Lipinski definition) is 1. The molecule has 1 aromatic heterocycles. The molecule has 0 aliphatic carbocycles. The number of carbonyl (C=O) groups is 1. The van der Waals surface area contributed by atoms with Gasteiger partial charge in [0.1, 0.15) is 12.4 Å². The average molecular weight is 430 g/mol. The number of rotatable bonds is 9. The molecule has 1 atom stereocenters. The van der Waals surface area contributed by atoms with Gasteiger partial charge in [-0.2, -0.15) is 0 Å². The van der Waals surface area contributed by atoms with E-state index < -0.39 is 0 Å². The molecule has 0 aliphatic heterocycles. The fraction of sp³-hybridized carbons (Fsp3) is 0.231. The van der Waals surface area contributed by atoms with Crippen molar-refractivity contribution in [2.45, 2.75) is 25.9 Å². The molecule has 6 nitrogen and oxygen atoms in total. The molecule has 164 valence electrons. The second kappa shape index (κ2) is 10.0. The van der Waals surface area contributed by atoms with Gasteiger partial charge in [-0.1, -0.05) is 54.6 Å². The van der Waals surface area contributed by atoms with Crippen LogP contribution in [0.5, 0.6) is 11.5 Å². The molecule has 0 spiro atoms. The third-order valence-electron chi connectivity index (χ3n) is 5.30. The average Bonchev–Trinajstić information content (AvgIpc) is 3.19. The van der Waals surface area contributed by atoms with Gasteiger partial charge in [0.25, 0.3) is 0 Å². The van der Waals surface area contributed by atoms with Gasteiger partial charge in [-0.15, -0.1) is 0 Å². The molecular formula is C26H27N3O3. The standard InChI is InChI=1S/C26H27N3O3/c1-19(27-25(30)18-20-10-4-3-5-11-20)26-28-21-12-6-7-13-22(21)29(26)16-17-32-24-15-9-8-14-23(24)31-2/h3-15,19H,16-18H2,1-2H3,(H,27,30). The zero-order valence-electron chi connectivity index (χ0n) is 18.3. The van der Waals surface area contributed by atoms with Gasteiger partial charge >= 0.3 is 0 Å². The lowest BCUT2D eigenvalue weighted by Gasteiger charge is -2.17. The molecule has 4 rings (SSSR count). The Kier molecular flexibility index (Phi) is 6.70. The van der Waals surface area contributed by atoms with Crippen molar-refractivity contribution in [2.24, 2.45) is 0 Å². The van der Waals surface area contributed by atoms with E-state index in [1.165, 1.54) is 0 Å². The molecule has 4 aromatic rings. The number of fused-ring (bicyclic) bond motifs is 1. The van der Waals surface area contributed by atoms with Crippen LogP contribution in [0.1, 0.15) is 24.4 Å². The van der Waals surface area contributed by atoms with Crippen molar-refractivity contribution in [1.82, 2.24) is 14.9 Å². The van der Waals surface area contributed by atoms with Gasteiger partial charge in [-0.25, -0.2) is 4.98 Å². The van der Waals surface area contributed by atoms with Crippen molar-refractivity contribution >= 4 is 16.9 Å². The Balaban J connectivity index is 1.50. The number of amides is 1. The number of methoxy groups -OCH3 is 1. The third-order valence-corrected chi connectivity index (χ3v) is 5.30. The maximum atomic E-state index is 12.6. The molecule has 1 N–H and O–H groups in total. The van der Waals surface area contributed by atoms with Crippen molar-refractivity contribution in [2.75, 3.05) is 13.7 Å². The fourth-order valence-corrected chi connectivity index (χ4v) is 3.78. The summed E-state index contributed by atoms with van der Waals surface area (Å²) >= 11 is 0. The molecular weight excluding hydrogens is 402 g/mol. The zero-order valence-corrected chi connectivity index (χ0v) is 18.3. The second-order valence-electron chi connectivity index (χ2n) is 7.56.